The average Bonchev–Trinajstić information content (AvgIpc) is 1.04. The molecule has 2 aliphatic heterocycles. The van der Waals surface area contributed by atoms with E-state index in [1.54, 1.807) is 0 Å². The Bertz CT molecular complexity index is 2150. The van der Waals surface area contributed by atoms with E-state index in [-0.39, 0.29) is 197 Å². The Labute approximate surface area is 531 Å². The van der Waals surface area contributed by atoms with Crippen LogP contribution >= 0.6 is 15.6 Å². The SMILES string of the molecule is [B]C1CC(=O)N(CCC(=O)NCCOCCOCCOCCOCCNC(=O)CC(C(=O)NCCOCCOCCOCCOC(O)C(O)C(O)C(O)CCOP(=O)(O)O)C(=O)NCCOCCOCCOCCOC2OC(COP(=O)(O)O)C(O)C(O)C2O)C1=O. The van der Waals surface area contributed by atoms with Crippen molar-refractivity contribution >= 4 is 58.9 Å². The van der Waals surface area contributed by atoms with Crippen molar-refractivity contribution < 1.29 is 164 Å². The average molecular weight is 1380 g/mol. The number of nitrogens with one attached hydrogen (secondary N) is 4. The highest BCUT2D eigenvalue weighted by molar-refractivity contribution is 7.46. The summed E-state index contributed by atoms with van der Waals surface area (Å²) in [7, 11) is -4.15. The van der Waals surface area contributed by atoms with Gasteiger partial charge in [-0.3, -0.25) is 42.7 Å². The van der Waals surface area contributed by atoms with Gasteiger partial charge in [-0.25, -0.2) is 9.13 Å². The predicted octanol–water partition coefficient (Wildman–Crippen LogP) is -8.42. The van der Waals surface area contributed by atoms with Gasteiger partial charge in [0.2, 0.25) is 35.4 Å². The Balaban J connectivity index is 1.63. The highest BCUT2D eigenvalue weighted by Crippen LogP contribution is 2.37. The molecule has 92 heavy (non-hydrogen) atoms. The van der Waals surface area contributed by atoms with Crippen LogP contribution in [0.5, 0.6) is 0 Å². The van der Waals surface area contributed by atoms with Crippen molar-refractivity contribution in [3.63, 3.8) is 0 Å². The van der Waals surface area contributed by atoms with E-state index >= 15 is 0 Å². The molecule has 15 N–H and O–H groups in total. The van der Waals surface area contributed by atoms with Gasteiger partial charge in [0.05, 0.1) is 173 Å². The summed E-state index contributed by atoms with van der Waals surface area (Å²) >= 11 is 0. The first-order valence-corrected chi connectivity index (χ1v) is 32.4. The zero-order chi connectivity index (χ0) is 68.2. The molecule has 2 fully saturated rings. The van der Waals surface area contributed by atoms with Crippen LogP contribution in [-0.4, -0.2) is 350 Å². The number of imide groups is 1. The Hall–Kier alpha value is -3.50. The van der Waals surface area contributed by atoms with Crippen LogP contribution in [0.4, 0.5) is 0 Å². The lowest BCUT2D eigenvalue weighted by atomic mass is 9.86. The molecule has 2 aliphatic rings. The van der Waals surface area contributed by atoms with Crippen molar-refractivity contribution in [3.05, 3.63) is 0 Å². The molecule has 2 saturated heterocycles. The molecule has 2 heterocycles. The van der Waals surface area contributed by atoms with Crippen LogP contribution in [0.2, 0.25) is 5.82 Å². The summed E-state index contributed by atoms with van der Waals surface area (Å²) in [5, 5.41) is 80.4. The molecule has 0 aromatic carbocycles. The van der Waals surface area contributed by atoms with Gasteiger partial charge in [0.25, 0.3) is 0 Å². The first kappa shape index (κ1) is 84.6. The van der Waals surface area contributed by atoms with Crippen LogP contribution in [0, 0.1) is 5.92 Å². The van der Waals surface area contributed by atoms with E-state index in [9.17, 15) is 73.6 Å². The summed E-state index contributed by atoms with van der Waals surface area (Å²) in [4.78, 5) is 111. The molecular formula is C50H92BN5O34P2. The van der Waals surface area contributed by atoms with Crippen LogP contribution in [0.25, 0.3) is 0 Å². The number of carbonyl (C=O) groups excluding carboxylic acids is 6. The van der Waals surface area contributed by atoms with E-state index in [1.165, 1.54) is 0 Å². The molecule has 534 valence electrons. The monoisotopic (exact) mass is 1380 g/mol. The fraction of sp³-hybridized carbons (Fsp3) is 0.880. The second-order valence-corrected chi connectivity index (χ2v) is 22.2. The van der Waals surface area contributed by atoms with Gasteiger partial charge in [-0.05, 0) is 6.42 Å². The molecule has 6 amide bonds. The molecule has 2 rings (SSSR count). The third kappa shape index (κ3) is 40.2. The zero-order valence-corrected chi connectivity index (χ0v) is 52.7. The summed E-state index contributed by atoms with van der Waals surface area (Å²) in [5.41, 5.74) is 0. The molecule has 11 atom stereocenters. The lowest BCUT2D eigenvalue weighted by Crippen LogP contribution is -2.59. The van der Waals surface area contributed by atoms with Gasteiger partial charge in [0.15, 0.2) is 12.6 Å². The van der Waals surface area contributed by atoms with E-state index in [2.05, 4.69) is 30.3 Å². The van der Waals surface area contributed by atoms with E-state index in [0.29, 0.717) is 0 Å². The topological polar surface area (TPSA) is 549 Å². The maximum Gasteiger partial charge on any atom is 0.469 e. The number of rotatable bonds is 58. The number of carbonyl (C=O) groups is 6. The summed E-state index contributed by atoms with van der Waals surface area (Å²) in [6, 6.07) is 0. The van der Waals surface area contributed by atoms with Crippen molar-refractivity contribution in [3.8, 4) is 0 Å². The number of phosphoric acid groups is 2. The standard InChI is InChI=1S/C50H92BN5O34P2/c51-35-32-40(60)56(48(35)68)7-1-38(58)52-3-9-76-13-17-80-21-22-81-18-14-77-10-4-53-39(59)31-34(46(66)54-5-11-78-15-19-82-23-25-84-27-29-86-49(69)44(64)41(61)36(57)2-8-88-91(70,71)72)47(67)55-6-12-79-16-20-83-24-26-85-28-30-87-50-45(65)43(63)42(62)37(90-50)33-89-92(73,74)75/h34-37,41-45,49-50,57,61-65,69H,1-33H2,(H,52,58)(H,53,59)(H,54,66)(H,55,67)(H2,70,71,72)(H2,73,74,75). The lowest BCUT2D eigenvalue weighted by Gasteiger charge is -2.40. The summed E-state index contributed by atoms with van der Waals surface area (Å²) in [6.07, 6.45) is -16.6. The maximum atomic E-state index is 13.3. The Morgan fingerprint density at radius 2 is 0.946 bits per heavy atom. The lowest BCUT2D eigenvalue weighted by molar-refractivity contribution is -0.301. The Morgan fingerprint density at radius 3 is 1.38 bits per heavy atom. The maximum absolute atomic E-state index is 13.3. The normalized spacial score (nSPS) is 20.4. The number of amides is 6. The number of ether oxygens (including phenoxy) is 13. The van der Waals surface area contributed by atoms with Crippen LogP contribution in [-0.2, 0) is 109 Å². The van der Waals surface area contributed by atoms with Gasteiger partial charge in [-0.15, -0.1) is 0 Å². The van der Waals surface area contributed by atoms with E-state index in [1.807, 2.05) is 0 Å². The molecule has 0 aromatic rings. The highest BCUT2D eigenvalue weighted by Gasteiger charge is 2.45. The summed E-state index contributed by atoms with van der Waals surface area (Å²) < 4.78 is 100. The minimum Gasteiger partial charge on any atom is -0.390 e. The molecule has 0 saturated carbocycles. The first-order valence-electron chi connectivity index (χ1n) is 29.3. The smallest absolute Gasteiger partial charge is 0.390 e. The number of aliphatic hydroxyl groups is 7. The molecule has 0 aromatic heterocycles. The molecule has 0 spiro atoms. The largest absolute Gasteiger partial charge is 0.469 e. The highest BCUT2D eigenvalue weighted by atomic mass is 31.2. The van der Waals surface area contributed by atoms with E-state index in [4.69, 9.17) is 89.0 Å². The Morgan fingerprint density at radius 1 is 0.533 bits per heavy atom. The number of hydrogen-bond acceptors (Lipinski definition) is 30. The van der Waals surface area contributed by atoms with Crippen LogP contribution < -0.4 is 21.3 Å². The molecule has 2 radical (unpaired) electrons. The number of hydrogen-bond donors (Lipinski definition) is 15. The molecular weight excluding hydrogens is 1290 g/mol. The quantitative estimate of drug-likeness (QED) is 0.00671. The fourth-order valence-electron chi connectivity index (χ4n) is 7.69. The number of phosphoric ester groups is 2. The van der Waals surface area contributed by atoms with Crippen LogP contribution in [0.1, 0.15) is 25.7 Å². The van der Waals surface area contributed by atoms with E-state index < -0.39 is 138 Å². The third-order valence-corrected chi connectivity index (χ3v) is 13.5. The minimum atomic E-state index is -4.91. The molecule has 0 aliphatic carbocycles. The van der Waals surface area contributed by atoms with Crippen molar-refractivity contribution in [1.29, 1.82) is 0 Å². The van der Waals surface area contributed by atoms with Crippen LogP contribution in [0.15, 0.2) is 0 Å². The van der Waals surface area contributed by atoms with Crippen molar-refractivity contribution in [2.24, 2.45) is 5.92 Å². The molecule has 0 bridgehead atoms. The number of nitrogens with zero attached hydrogens (tertiary/aromatic N) is 1. The minimum absolute atomic E-state index is 0.00743. The van der Waals surface area contributed by atoms with Crippen molar-refractivity contribution in [2.45, 2.75) is 86.8 Å². The number of likely N-dealkylation sites (tertiary alicyclic amines) is 1. The fourth-order valence-corrected chi connectivity index (χ4v) is 8.37. The Kier molecular flexibility index (Phi) is 45.9. The van der Waals surface area contributed by atoms with Crippen molar-refractivity contribution in [1.82, 2.24) is 26.2 Å². The number of aliphatic hydroxyl groups excluding tert-OH is 7. The molecule has 42 heteroatoms. The zero-order valence-electron chi connectivity index (χ0n) is 50.9. The summed E-state index contributed by atoms with van der Waals surface area (Å²) in [6.45, 7) is 0.963. The molecule has 39 nitrogen and oxygen atoms in total. The molecule has 11 unspecified atom stereocenters. The second kappa shape index (κ2) is 49.9. The van der Waals surface area contributed by atoms with Gasteiger partial charge in [-0.2, -0.15) is 0 Å². The van der Waals surface area contributed by atoms with Gasteiger partial charge >= 0.3 is 15.6 Å². The van der Waals surface area contributed by atoms with Crippen LogP contribution in [0.3, 0.4) is 0 Å². The summed E-state index contributed by atoms with van der Waals surface area (Å²) in [5.74, 6) is -5.69. The van der Waals surface area contributed by atoms with Gasteiger partial charge in [0, 0.05) is 57.8 Å². The van der Waals surface area contributed by atoms with Crippen molar-refractivity contribution in [2.75, 3.05) is 191 Å². The van der Waals surface area contributed by atoms with Gasteiger partial charge in [0.1, 0.15) is 42.5 Å². The first-order chi connectivity index (χ1) is 43.8. The van der Waals surface area contributed by atoms with Gasteiger partial charge in [-0.1, -0.05) is 0 Å². The second-order valence-electron chi connectivity index (χ2n) is 19.7. The third-order valence-electron chi connectivity index (χ3n) is 12.5. The van der Waals surface area contributed by atoms with E-state index in [0.717, 1.165) is 4.90 Å². The predicted molar refractivity (Wildman–Crippen MR) is 307 cm³/mol. The van der Waals surface area contributed by atoms with Gasteiger partial charge < -0.3 is 138 Å².